The van der Waals surface area contributed by atoms with Crippen molar-refractivity contribution in [2.24, 2.45) is 16.2 Å². The first-order chi connectivity index (χ1) is 33.3. The van der Waals surface area contributed by atoms with E-state index in [-0.39, 0.29) is 49.4 Å². The third-order valence-electron chi connectivity index (χ3n) is 13.3. The van der Waals surface area contributed by atoms with E-state index in [1.807, 2.05) is 86.6 Å². The van der Waals surface area contributed by atoms with Gasteiger partial charge >= 0.3 is 6.18 Å². The van der Waals surface area contributed by atoms with Crippen LogP contribution in [0.4, 0.5) is 18.9 Å². The van der Waals surface area contributed by atoms with Gasteiger partial charge in [0.15, 0.2) is 5.69 Å². The maximum Gasteiger partial charge on any atom is 0.434 e. The van der Waals surface area contributed by atoms with Crippen molar-refractivity contribution in [3.63, 3.8) is 0 Å². The van der Waals surface area contributed by atoms with Crippen LogP contribution in [-0.4, -0.2) is 100 Å². The highest BCUT2D eigenvalue weighted by Crippen LogP contribution is 2.55. The van der Waals surface area contributed by atoms with Gasteiger partial charge in [0.25, 0.3) is 5.91 Å². The molecule has 0 bridgehead atoms. The molecule has 5 N–H and O–H groups in total. The number of nitriles is 1. The van der Waals surface area contributed by atoms with Crippen molar-refractivity contribution in [1.29, 1.82) is 5.26 Å². The lowest BCUT2D eigenvalue weighted by atomic mass is 9.49. The Bertz CT molecular complexity index is 2560. The third-order valence-corrected chi connectivity index (χ3v) is 14.3. The molecule has 382 valence electrons. The van der Waals surface area contributed by atoms with E-state index in [4.69, 9.17) is 14.7 Å². The van der Waals surface area contributed by atoms with Gasteiger partial charge in [0.05, 0.1) is 33.8 Å². The van der Waals surface area contributed by atoms with Crippen LogP contribution in [0.3, 0.4) is 0 Å². The van der Waals surface area contributed by atoms with Gasteiger partial charge in [-0.3, -0.25) is 19.2 Å². The van der Waals surface area contributed by atoms with E-state index in [9.17, 15) is 37.5 Å². The molecule has 4 aromatic rings. The lowest BCUT2D eigenvalue weighted by molar-refractivity contribution is -0.167. The fraction of sp³-hybridized carbons (Fsp3) is 0.519. The molecule has 3 heterocycles. The Morgan fingerprint density at radius 1 is 0.958 bits per heavy atom. The van der Waals surface area contributed by atoms with Crippen LogP contribution >= 0.6 is 11.3 Å². The topological polar surface area (TPSA) is 208 Å². The minimum atomic E-state index is -4.82. The Morgan fingerprint density at radius 2 is 1.63 bits per heavy atom. The number of benzene rings is 2. The number of ether oxygens (including phenoxy) is 2. The number of carbonyl (C=O) groups is 4. The maximum absolute atomic E-state index is 14.1. The molecular formula is C52H65F3N8O7S. The van der Waals surface area contributed by atoms with Crippen LogP contribution in [0, 0.1) is 34.5 Å². The summed E-state index contributed by atoms with van der Waals surface area (Å²) in [6.07, 6.45) is -3.94. The minimum absolute atomic E-state index is 0.0345. The van der Waals surface area contributed by atoms with Crippen molar-refractivity contribution in [1.82, 2.24) is 30.8 Å². The fourth-order valence-corrected chi connectivity index (χ4v) is 10.6. The third kappa shape index (κ3) is 12.9. The van der Waals surface area contributed by atoms with Crippen LogP contribution in [0.25, 0.3) is 10.4 Å². The van der Waals surface area contributed by atoms with Gasteiger partial charge in [-0.25, -0.2) is 9.97 Å². The first-order valence-electron chi connectivity index (χ1n) is 23.8. The molecule has 2 aromatic heterocycles. The number of carbonyl (C=O) groups excluding carboxylic acids is 4. The van der Waals surface area contributed by atoms with Crippen LogP contribution in [0.2, 0.25) is 0 Å². The number of halogens is 3. The van der Waals surface area contributed by atoms with Crippen LogP contribution in [0.5, 0.6) is 5.88 Å². The van der Waals surface area contributed by atoms with Gasteiger partial charge in [0.2, 0.25) is 23.6 Å². The molecule has 1 aliphatic carbocycles. The minimum Gasteiger partial charge on any atom is -0.473 e. The molecule has 15 nitrogen and oxygen atoms in total. The first kappa shape index (κ1) is 54.2. The maximum atomic E-state index is 14.1. The summed E-state index contributed by atoms with van der Waals surface area (Å²) in [5.74, 6) is -1.87. The Morgan fingerprint density at radius 3 is 2.24 bits per heavy atom. The fourth-order valence-electron chi connectivity index (χ4n) is 9.81. The number of β-amino-alcohol motifs (C(OH)–C–C–N with tert-alkyl or cyclic N) is 1. The summed E-state index contributed by atoms with van der Waals surface area (Å²) in [6.45, 7) is 17.4. The smallest absolute Gasteiger partial charge is 0.434 e. The highest BCUT2D eigenvalue weighted by Gasteiger charge is 2.64. The van der Waals surface area contributed by atoms with Gasteiger partial charge in [0.1, 0.15) is 30.9 Å². The van der Waals surface area contributed by atoms with E-state index >= 15 is 0 Å². The molecule has 2 fully saturated rings. The number of aliphatic hydroxyl groups excluding tert-OH is 1. The number of hydrogen-bond donors (Lipinski definition) is 5. The monoisotopic (exact) mass is 1000 g/mol. The van der Waals surface area contributed by atoms with Crippen LogP contribution in [0.15, 0.2) is 66.2 Å². The Balaban J connectivity index is 0.893. The zero-order valence-electron chi connectivity index (χ0n) is 41.7. The predicted molar refractivity (Wildman–Crippen MR) is 263 cm³/mol. The molecule has 0 radical (unpaired) electrons. The van der Waals surface area contributed by atoms with Gasteiger partial charge in [-0.2, -0.15) is 18.4 Å². The lowest BCUT2D eigenvalue weighted by Crippen LogP contribution is -2.74. The Hall–Kier alpha value is -6.10. The molecule has 1 saturated carbocycles. The number of anilines is 1. The molecule has 19 heteroatoms. The van der Waals surface area contributed by atoms with Crippen LogP contribution in [-0.2, 0) is 25.3 Å². The summed E-state index contributed by atoms with van der Waals surface area (Å²) in [6, 6.07) is 16.1. The zero-order valence-corrected chi connectivity index (χ0v) is 42.5. The van der Waals surface area contributed by atoms with Crippen molar-refractivity contribution in [2.75, 3.05) is 31.6 Å². The molecule has 1 unspecified atom stereocenters. The molecule has 6 rings (SSSR count). The van der Waals surface area contributed by atoms with Crippen molar-refractivity contribution in [3.8, 4) is 22.4 Å². The van der Waals surface area contributed by atoms with Gasteiger partial charge in [-0.1, -0.05) is 72.7 Å². The molecule has 1 aliphatic heterocycles. The highest BCUT2D eigenvalue weighted by atomic mass is 32.1. The second-order valence-electron chi connectivity index (χ2n) is 20.7. The second-order valence-corrected chi connectivity index (χ2v) is 21.6. The van der Waals surface area contributed by atoms with Crippen molar-refractivity contribution < 1.29 is 46.9 Å². The number of likely N-dealkylation sites (tertiary alicyclic amines) is 1. The normalized spacial score (nSPS) is 20.2. The van der Waals surface area contributed by atoms with E-state index < -0.39 is 69.8 Å². The molecule has 1 saturated heterocycles. The average Bonchev–Trinajstić information content (AvgIpc) is 3.94. The molecule has 71 heavy (non-hydrogen) atoms. The summed E-state index contributed by atoms with van der Waals surface area (Å²) in [7, 11) is 0. The van der Waals surface area contributed by atoms with Crippen molar-refractivity contribution >= 4 is 40.7 Å². The second kappa shape index (κ2) is 22.1. The number of aliphatic hydroxyl groups is 1. The number of unbranched alkanes of at least 4 members (excludes halogenated alkanes) is 2. The zero-order chi connectivity index (χ0) is 52.1. The summed E-state index contributed by atoms with van der Waals surface area (Å²) >= 11 is 1.56. The molecule has 4 atom stereocenters. The summed E-state index contributed by atoms with van der Waals surface area (Å²) in [5.41, 5.74) is 1.95. The van der Waals surface area contributed by atoms with Gasteiger partial charge in [-0.05, 0) is 80.0 Å². The van der Waals surface area contributed by atoms with Gasteiger partial charge in [0, 0.05) is 60.3 Å². The molecule has 0 spiro atoms. The number of hydrogen-bond acceptors (Lipinski definition) is 12. The molecule has 2 aromatic carbocycles. The summed E-state index contributed by atoms with van der Waals surface area (Å²) in [4.78, 5) is 64.5. The number of thiazole rings is 1. The predicted octanol–water partition coefficient (Wildman–Crippen LogP) is 7.98. The van der Waals surface area contributed by atoms with Gasteiger partial charge < -0.3 is 40.7 Å². The average molecular weight is 1000 g/mol. The number of pyridine rings is 1. The van der Waals surface area contributed by atoms with Crippen molar-refractivity contribution in [3.05, 3.63) is 94.3 Å². The SMILES string of the molecule is Cc1ncsc1-c1ccc([C@H](C)NC(=O)[C@@H]2C[C@@H](O)CN2C(=O)C(NC(=O)COCCCCCNc2ccc(C(=O)N[C@H]3C(C)(C)[C@H](Oc4ccc(C#N)c(C(F)(F)F)n4)C3(C)C)cc2)C(C)(C)C)cc1. The summed E-state index contributed by atoms with van der Waals surface area (Å²) < 4.78 is 52.3. The lowest BCUT2D eigenvalue weighted by Gasteiger charge is -2.62. The molecular weight excluding hydrogens is 938 g/mol. The number of nitrogens with zero attached hydrogens (tertiary/aromatic N) is 4. The largest absolute Gasteiger partial charge is 0.473 e. The number of amides is 4. The number of alkyl halides is 3. The number of rotatable bonds is 19. The standard InChI is InChI=1S/C52H65F3N8O7S/c1-30(32-13-15-33(16-14-32)41-31(2)58-29-71-41)59-45(67)38-25-37(64)27-63(38)46(68)43(49(3,4)5)60-39(65)28-69-24-12-10-11-23-57-36-20-17-34(18-21-36)44(66)62-47-50(6,7)48(51(47,8)9)70-40-22-19-35(26-56)42(61-40)52(53,54)55/h13-22,29-30,37-38,43,47-48,57,64H,10-12,23-25,27-28H2,1-9H3,(H,59,67)(H,60,65)(H,62,66)/t30-,37+,38-,43?,47-,48-/m0/s1. The van der Waals surface area contributed by atoms with Crippen molar-refractivity contribution in [2.45, 2.75) is 131 Å². The van der Waals surface area contributed by atoms with Crippen LogP contribution < -0.4 is 26.0 Å². The molecule has 2 aliphatic rings. The van der Waals surface area contributed by atoms with E-state index in [0.29, 0.717) is 25.1 Å². The van der Waals surface area contributed by atoms with E-state index in [2.05, 4.69) is 31.2 Å². The highest BCUT2D eigenvalue weighted by molar-refractivity contribution is 7.13. The number of aromatic nitrogens is 2. The van der Waals surface area contributed by atoms with E-state index in [0.717, 1.165) is 46.3 Å². The first-order valence-corrected chi connectivity index (χ1v) is 24.7. The summed E-state index contributed by atoms with van der Waals surface area (Å²) in [5, 5.41) is 32.0. The quantitative estimate of drug-likeness (QED) is 0.0569. The van der Waals surface area contributed by atoms with E-state index in [1.54, 1.807) is 41.1 Å². The Kier molecular flexibility index (Phi) is 16.9. The van der Waals surface area contributed by atoms with Gasteiger partial charge in [-0.15, -0.1) is 11.3 Å². The number of nitrogens with one attached hydrogen (secondary N) is 4. The Labute approximate surface area is 417 Å². The van der Waals surface area contributed by atoms with E-state index in [1.165, 1.54) is 17.0 Å². The number of aryl methyl sites for hydroxylation is 1. The van der Waals surface area contributed by atoms with Crippen LogP contribution in [0.1, 0.15) is 120 Å². The molecule has 4 amide bonds.